The Labute approximate surface area is 124 Å². The minimum Gasteiger partial charge on any atom is -0.482 e. The summed E-state index contributed by atoms with van der Waals surface area (Å²) in [5.74, 6) is 0.357. The number of carbonyl (C=O) groups excluding carboxylic acids is 1. The van der Waals surface area contributed by atoms with Crippen molar-refractivity contribution in [3.05, 3.63) is 12.1 Å². The lowest BCUT2D eigenvalue weighted by molar-refractivity contribution is -0.118. The number of nitrogen functional groups attached to an aromatic ring is 1. The number of hydrogen-bond donors (Lipinski definition) is 4. The molecule has 1 heterocycles. The molecule has 1 aromatic rings. The van der Waals surface area contributed by atoms with Gasteiger partial charge >= 0.3 is 0 Å². The third kappa shape index (κ3) is 3.99. The van der Waals surface area contributed by atoms with E-state index in [0.29, 0.717) is 35.9 Å². The van der Waals surface area contributed by atoms with Crippen molar-refractivity contribution >= 4 is 23.0 Å². The van der Waals surface area contributed by atoms with E-state index in [4.69, 9.17) is 10.5 Å². The molecular weight excluding hydrogens is 272 g/mol. The quantitative estimate of drug-likeness (QED) is 0.584. The van der Waals surface area contributed by atoms with Gasteiger partial charge in [0, 0.05) is 19.2 Å². The second-order valence-electron chi connectivity index (χ2n) is 5.86. The number of benzene rings is 1. The minimum absolute atomic E-state index is 0.00321. The summed E-state index contributed by atoms with van der Waals surface area (Å²) in [4.78, 5) is 13.2. The molecule has 7 heteroatoms. The van der Waals surface area contributed by atoms with Crippen LogP contribution in [0.2, 0.25) is 0 Å². The fourth-order valence-electron chi connectivity index (χ4n) is 2.32. The van der Waals surface area contributed by atoms with E-state index < -0.39 is 5.60 Å². The Hall–Kier alpha value is -1.99. The van der Waals surface area contributed by atoms with Crippen LogP contribution in [-0.4, -0.2) is 55.3 Å². The number of nitrogens with zero attached hydrogens (tertiary/aromatic N) is 1. The highest BCUT2D eigenvalue weighted by Gasteiger charge is 2.22. The van der Waals surface area contributed by atoms with Gasteiger partial charge in [-0.25, -0.2) is 0 Å². The highest BCUT2D eigenvalue weighted by molar-refractivity contribution is 5.97. The maximum absolute atomic E-state index is 11.3. The molecular formula is C14H22N4O3. The highest BCUT2D eigenvalue weighted by atomic mass is 16.5. The average molecular weight is 294 g/mol. The van der Waals surface area contributed by atoms with Gasteiger partial charge in [-0.1, -0.05) is 0 Å². The number of nitrogens with one attached hydrogen (secondary N) is 2. The molecule has 1 atom stereocenters. The molecule has 21 heavy (non-hydrogen) atoms. The summed E-state index contributed by atoms with van der Waals surface area (Å²) in [6.07, 6.45) is 0. The summed E-state index contributed by atoms with van der Waals surface area (Å²) in [7, 11) is 3.79. The van der Waals surface area contributed by atoms with Gasteiger partial charge in [0.2, 0.25) is 0 Å². The van der Waals surface area contributed by atoms with Gasteiger partial charge < -0.3 is 31.1 Å². The number of nitrogens with two attached hydrogens (primary N) is 1. The molecule has 1 aliphatic rings. The molecule has 0 spiro atoms. The molecule has 1 aliphatic heterocycles. The molecule has 0 bridgehead atoms. The maximum Gasteiger partial charge on any atom is 0.262 e. The second-order valence-corrected chi connectivity index (χ2v) is 5.86. The zero-order valence-electron chi connectivity index (χ0n) is 12.6. The topological polar surface area (TPSA) is 99.8 Å². The standard InChI is InChI=1S/C14H22N4O3/c1-14(20,8-18(2)3)7-16-10-5-11-12(4-9(10)15)21-6-13(19)17-11/h4-5,16,20H,6-8,15H2,1-3H3,(H,17,19). The first kappa shape index (κ1) is 15.4. The van der Waals surface area contributed by atoms with E-state index in [-0.39, 0.29) is 12.5 Å². The van der Waals surface area contributed by atoms with Crippen molar-refractivity contribution in [2.45, 2.75) is 12.5 Å². The van der Waals surface area contributed by atoms with E-state index in [1.165, 1.54) is 0 Å². The normalized spacial score (nSPS) is 16.7. The van der Waals surface area contributed by atoms with Crippen molar-refractivity contribution in [1.82, 2.24) is 4.90 Å². The molecule has 0 aliphatic carbocycles. The molecule has 5 N–H and O–H groups in total. The van der Waals surface area contributed by atoms with Crippen LogP contribution in [0.15, 0.2) is 12.1 Å². The van der Waals surface area contributed by atoms with Crippen molar-refractivity contribution in [2.75, 3.05) is 50.2 Å². The van der Waals surface area contributed by atoms with E-state index >= 15 is 0 Å². The van der Waals surface area contributed by atoms with Crippen LogP contribution in [0, 0.1) is 0 Å². The van der Waals surface area contributed by atoms with Gasteiger partial charge in [0.1, 0.15) is 5.75 Å². The zero-order chi connectivity index (χ0) is 15.6. The summed E-state index contributed by atoms with van der Waals surface area (Å²) in [5.41, 5.74) is 6.80. The lowest BCUT2D eigenvalue weighted by Crippen LogP contribution is -2.43. The summed E-state index contributed by atoms with van der Waals surface area (Å²) in [5, 5.41) is 16.1. The van der Waals surface area contributed by atoms with Gasteiger partial charge in [-0.2, -0.15) is 0 Å². The van der Waals surface area contributed by atoms with Crippen molar-refractivity contribution in [3.8, 4) is 5.75 Å². The predicted octanol–water partition coefficient (Wildman–Crippen LogP) is 0.324. The molecule has 116 valence electrons. The van der Waals surface area contributed by atoms with Crippen molar-refractivity contribution in [1.29, 1.82) is 0 Å². The Kier molecular flexibility index (Phi) is 4.24. The van der Waals surface area contributed by atoms with Gasteiger partial charge in [0.05, 0.1) is 22.7 Å². The Balaban J connectivity index is 2.10. The fourth-order valence-corrected chi connectivity index (χ4v) is 2.32. The molecule has 0 saturated carbocycles. The van der Waals surface area contributed by atoms with Crippen LogP contribution in [0.4, 0.5) is 17.1 Å². The predicted molar refractivity (Wildman–Crippen MR) is 82.6 cm³/mol. The second kappa shape index (κ2) is 5.79. The molecule has 0 aromatic heterocycles. The van der Waals surface area contributed by atoms with Gasteiger partial charge in [-0.15, -0.1) is 0 Å². The Morgan fingerprint density at radius 2 is 2.24 bits per heavy atom. The van der Waals surface area contributed by atoms with Crippen LogP contribution in [0.3, 0.4) is 0 Å². The maximum atomic E-state index is 11.3. The lowest BCUT2D eigenvalue weighted by Gasteiger charge is -2.28. The number of fused-ring (bicyclic) bond motifs is 1. The number of aliphatic hydroxyl groups is 1. The molecule has 0 fully saturated rings. The first-order valence-electron chi connectivity index (χ1n) is 6.74. The molecule has 0 saturated heterocycles. The number of ether oxygens (including phenoxy) is 1. The van der Waals surface area contributed by atoms with E-state index in [1.807, 2.05) is 19.0 Å². The SMILES string of the molecule is CN(C)CC(C)(O)CNc1cc2c(cc1N)OCC(=O)N2. The van der Waals surface area contributed by atoms with Crippen LogP contribution in [0.1, 0.15) is 6.92 Å². The third-order valence-corrected chi connectivity index (χ3v) is 3.10. The summed E-state index contributed by atoms with van der Waals surface area (Å²) < 4.78 is 5.29. The number of likely N-dealkylation sites (N-methyl/N-ethyl adjacent to an activating group) is 1. The minimum atomic E-state index is -0.897. The number of anilines is 3. The molecule has 7 nitrogen and oxygen atoms in total. The number of rotatable bonds is 5. The Bertz CT molecular complexity index is 543. The average Bonchev–Trinajstić information content (AvgIpc) is 2.35. The third-order valence-electron chi connectivity index (χ3n) is 3.10. The van der Waals surface area contributed by atoms with Gasteiger partial charge in [-0.05, 0) is 27.1 Å². The Morgan fingerprint density at radius 3 is 2.90 bits per heavy atom. The van der Waals surface area contributed by atoms with E-state index in [1.54, 1.807) is 19.1 Å². The first-order chi connectivity index (χ1) is 9.77. The molecule has 1 amide bonds. The summed E-state index contributed by atoms with van der Waals surface area (Å²) in [6.45, 7) is 2.60. The zero-order valence-corrected chi connectivity index (χ0v) is 12.6. The monoisotopic (exact) mass is 294 g/mol. The van der Waals surface area contributed by atoms with E-state index in [0.717, 1.165) is 0 Å². The van der Waals surface area contributed by atoms with Crippen molar-refractivity contribution < 1.29 is 14.6 Å². The van der Waals surface area contributed by atoms with Crippen molar-refractivity contribution in [3.63, 3.8) is 0 Å². The highest BCUT2D eigenvalue weighted by Crippen LogP contribution is 2.35. The van der Waals surface area contributed by atoms with Crippen LogP contribution in [-0.2, 0) is 4.79 Å². The molecule has 2 rings (SSSR count). The van der Waals surface area contributed by atoms with Crippen molar-refractivity contribution in [2.24, 2.45) is 0 Å². The number of amides is 1. The fraction of sp³-hybridized carbons (Fsp3) is 0.500. The smallest absolute Gasteiger partial charge is 0.262 e. The lowest BCUT2D eigenvalue weighted by atomic mass is 10.1. The molecule has 0 radical (unpaired) electrons. The van der Waals surface area contributed by atoms with Crippen LogP contribution < -0.4 is 21.1 Å². The Morgan fingerprint density at radius 1 is 1.52 bits per heavy atom. The van der Waals surface area contributed by atoms with Crippen LogP contribution in [0.25, 0.3) is 0 Å². The van der Waals surface area contributed by atoms with Gasteiger partial charge in [0.25, 0.3) is 5.91 Å². The van der Waals surface area contributed by atoms with Gasteiger partial charge in [0.15, 0.2) is 6.61 Å². The number of carbonyl (C=O) groups is 1. The van der Waals surface area contributed by atoms with E-state index in [9.17, 15) is 9.90 Å². The summed E-state index contributed by atoms with van der Waals surface area (Å²) in [6, 6.07) is 3.38. The van der Waals surface area contributed by atoms with Gasteiger partial charge in [-0.3, -0.25) is 4.79 Å². The first-order valence-corrected chi connectivity index (χ1v) is 6.74. The van der Waals surface area contributed by atoms with E-state index in [2.05, 4.69) is 10.6 Å². The largest absolute Gasteiger partial charge is 0.482 e. The molecule has 1 aromatic carbocycles. The number of hydrogen-bond acceptors (Lipinski definition) is 6. The van der Waals surface area contributed by atoms with Crippen LogP contribution in [0.5, 0.6) is 5.75 Å². The summed E-state index contributed by atoms with van der Waals surface area (Å²) >= 11 is 0. The van der Waals surface area contributed by atoms with Crippen LogP contribution >= 0.6 is 0 Å². The molecule has 1 unspecified atom stereocenters.